The molecule has 0 spiro atoms. The third-order valence-corrected chi connectivity index (χ3v) is 16.4. The molecule has 3 aliphatic carbocycles. The van der Waals surface area contributed by atoms with Gasteiger partial charge in [0.25, 0.3) is 0 Å². The Kier molecular flexibility index (Phi) is 14.3. The number of aromatic hydroxyl groups is 1. The second kappa shape index (κ2) is 20.6. The lowest BCUT2D eigenvalue weighted by Crippen LogP contribution is -2.57. The number of carbonyl (C=O) groups is 2. The predicted octanol–water partition coefficient (Wildman–Crippen LogP) is 9.84. The van der Waals surface area contributed by atoms with Crippen molar-refractivity contribution in [2.45, 2.75) is 109 Å². The molecule has 8 nitrogen and oxygen atoms in total. The van der Waals surface area contributed by atoms with E-state index in [2.05, 4.69) is 82.4 Å². The quantitative estimate of drug-likeness (QED) is 0.0470. The molecule has 4 fully saturated rings. The highest BCUT2D eigenvalue weighted by Crippen LogP contribution is 2.60. The minimum absolute atomic E-state index is 0.0268. The SMILES string of the molecule is COc1cc(C=CC(=O)CC(=O)CC2CCC3CCCC3(CC3C4CCNCC4CC4C=CCNC43)C2)c(Cc2cnc(N)cc2CCc2cccc(CCc3ccccc3)c2)cc1O. The molecule has 8 unspecified atom stereocenters. The fourth-order valence-electron chi connectivity index (χ4n) is 13.3. The summed E-state index contributed by atoms with van der Waals surface area (Å²) in [5, 5.41) is 18.6. The maximum atomic E-state index is 13.7. The summed E-state index contributed by atoms with van der Waals surface area (Å²) in [6, 6.07) is 25.4. The lowest BCUT2D eigenvalue weighted by atomic mass is 9.54. The minimum atomic E-state index is -0.195. The first-order valence-corrected chi connectivity index (χ1v) is 24.8. The van der Waals surface area contributed by atoms with E-state index in [-0.39, 0.29) is 23.7 Å². The lowest BCUT2D eigenvalue weighted by Gasteiger charge is -2.54. The number of ether oxygens (including phenoxy) is 1. The average Bonchev–Trinajstić information content (AvgIpc) is 3.74. The third kappa shape index (κ3) is 10.8. The molecule has 3 aromatic carbocycles. The van der Waals surface area contributed by atoms with Gasteiger partial charge in [0.15, 0.2) is 17.3 Å². The van der Waals surface area contributed by atoms with Crippen molar-refractivity contribution in [3.05, 3.63) is 136 Å². The van der Waals surface area contributed by atoms with Crippen LogP contribution in [0.5, 0.6) is 11.5 Å². The van der Waals surface area contributed by atoms with Crippen molar-refractivity contribution in [3.8, 4) is 11.5 Å². The molecule has 1 aromatic heterocycles. The van der Waals surface area contributed by atoms with E-state index in [4.69, 9.17) is 10.5 Å². The number of phenolic OH excluding ortho intramolecular Hbond substituents is 1. The summed E-state index contributed by atoms with van der Waals surface area (Å²) in [5.74, 6) is 4.64. The minimum Gasteiger partial charge on any atom is -0.504 e. The van der Waals surface area contributed by atoms with Gasteiger partial charge in [0.05, 0.1) is 13.5 Å². The number of pyridine rings is 1. The Morgan fingerprint density at radius 1 is 0.923 bits per heavy atom. The number of allylic oxidation sites excluding steroid dienone is 1. The smallest absolute Gasteiger partial charge is 0.163 e. The first-order chi connectivity index (χ1) is 31.7. The van der Waals surface area contributed by atoms with Crippen molar-refractivity contribution in [3.63, 3.8) is 0 Å². The van der Waals surface area contributed by atoms with E-state index in [1.54, 1.807) is 18.2 Å². The number of nitrogens with two attached hydrogens (primary N) is 1. The zero-order valence-corrected chi connectivity index (χ0v) is 38.5. The molecular weight excluding hydrogens is 805 g/mol. The van der Waals surface area contributed by atoms with Crippen molar-refractivity contribution in [1.82, 2.24) is 15.6 Å². The normalized spacial score (nSPS) is 27.2. The van der Waals surface area contributed by atoms with E-state index >= 15 is 0 Å². The zero-order chi connectivity index (χ0) is 44.8. The first kappa shape index (κ1) is 45.1. The first-order valence-electron chi connectivity index (χ1n) is 24.8. The number of benzene rings is 3. The Balaban J connectivity index is 0.840. The fourth-order valence-corrected chi connectivity index (χ4v) is 13.3. The van der Waals surface area contributed by atoms with Gasteiger partial charge < -0.3 is 26.2 Å². The highest BCUT2D eigenvalue weighted by molar-refractivity contribution is 6.06. The van der Waals surface area contributed by atoms with Crippen LogP contribution in [0, 0.1) is 40.9 Å². The highest BCUT2D eigenvalue weighted by atomic mass is 16.5. The molecule has 0 radical (unpaired) electrons. The molecule has 342 valence electrons. The largest absolute Gasteiger partial charge is 0.504 e. The number of methoxy groups -OCH3 is 1. The number of hydrogen-bond acceptors (Lipinski definition) is 8. The lowest BCUT2D eigenvalue weighted by molar-refractivity contribution is -0.126. The number of ketones is 2. The molecule has 3 heterocycles. The van der Waals surface area contributed by atoms with Crippen LogP contribution in [0.4, 0.5) is 5.82 Å². The maximum Gasteiger partial charge on any atom is 0.163 e. The summed E-state index contributed by atoms with van der Waals surface area (Å²) in [4.78, 5) is 31.7. The number of Topliss-reactive ketones (excluding diaryl/α,β-unsaturated/α-hetero) is 1. The van der Waals surface area contributed by atoms with Crippen LogP contribution in [0.25, 0.3) is 6.08 Å². The van der Waals surface area contributed by atoms with Crippen molar-refractivity contribution in [2.75, 3.05) is 32.5 Å². The van der Waals surface area contributed by atoms with Crippen LogP contribution >= 0.6 is 0 Å². The molecule has 0 amide bonds. The van der Waals surface area contributed by atoms with Gasteiger partial charge in [-0.1, -0.05) is 79.2 Å². The number of piperidine rings is 1. The van der Waals surface area contributed by atoms with E-state index in [9.17, 15) is 14.7 Å². The van der Waals surface area contributed by atoms with Gasteiger partial charge in [-0.05, 0) is 201 Å². The van der Waals surface area contributed by atoms with Gasteiger partial charge in [0, 0.05) is 25.2 Å². The number of aromatic nitrogens is 1. The van der Waals surface area contributed by atoms with Gasteiger partial charge in [-0.25, -0.2) is 4.98 Å². The number of fused-ring (bicyclic) bond motifs is 3. The average molecular weight is 875 g/mol. The predicted molar refractivity (Wildman–Crippen MR) is 261 cm³/mol. The zero-order valence-electron chi connectivity index (χ0n) is 38.5. The number of rotatable bonds is 17. The van der Waals surface area contributed by atoms with Crippen LogP contribution in [-0.2, 0) is 41.7 Å². The van der Waals surface area contributed by atoms with Crippen LogP contribution in [0.3, 0.4) is 0 Å². The molecule has 9 rings (SSSR count). The maximum absolute atomic E-state index is 13.7. The van der Waals surface area contributed by atoms with Gasteiger partial charge in [-0.3, -0.25) is 9.59 Å². The van der Waals surface area contributed by atoms with Gasteiger partial charge in [-0.15, -0.1) is 0 Å². The van der Waals surface area contributed by atoms with Crippen molar-refractivity contribution in [2.24, 2.45) is 40.9 Å². The molecule has 65 heavy (non-hydrogen) atoms. The number of nitrogens with zero attached hydrogens (tertiary/aromatic N) is 1. The summed E-state index contributed by atoms with van der Waals surface area (Å²) in [6.07, 6.45) is 25.7. The summed E-state index contributed by atoms with van der Waals surface area (Å²) in [7, 11) is 1.52. The number of carbonyl (C=O) groups excluding carboxylic acids is 2. The monoisotopic (exact) mass is 875 g/mol. The summed E-state index contributed by atoms with van der Waals surface area (Å²) < 4.78 is 5.50. The number of phenols is 1. The van der Waals surface area contributed by atoms with E-state index in [1.807, 2.05) is 12.3 Å². The van der Waals surface area contributed by atoms with Crippen LogP contribution in [0.1, 0.15) is 110 Å². The van der Waals surface area contributed by atoms with Crippen LogP contribution in [-0.4, -0.2) is 54.4 Å². The number of aryl methyl sites for hydroxylation is 4. The standard InChI is InChI=1S/C57H70N4O4/c1-65-54-31-42(45(30-53(54)64)29-46-37-61-55(58)32-43(46)18-16-40-11-5-10-39(26-40)15-14-38-8-3-2-4-9-38)19-21-49(62)33-50(63)27-41-17-20-48-13-6-23-57(48,34-41)35-52-51-22-25-59-36-47(51)28-44-12-7-24-60-56(44)52/h2-5,7-12,19,21,26,30-32,37,41,44,47-48,51-52,56,59-60,64H,6,13-18,20,22-25,27-29,33-36H2,1H3,(H2,58,61). The number of nitrogen functional groups attached to an aromatic ring is 1. The van der Waals surface area contributed by atoms with Crippen molar-refractivity contribution in [1.29, 1.82) is 0 Å². The highest BCUT2D eigenvalue weighted by Gasteiger charge is 2.53. The van der Waals surface area contributed by atoms with Gasteiger partial charge in [0.1, 0.15) is 11.6 Å². The second-order valence-corrected chi connectivity index (χ2v) is 20.4. The Hall–Kier alpha value is -5.05. The van der Waals surface area contributed by atoms with Crippen molar-refractivity contribution < 1.29 is 19.4 Å². The molecule has 1 saturated heterocycles. The van der Waals surface area contributed by atoms with E-state index in [1.165, 1.54) is 74.8 Å². The summed E-state index contributed by atoms with van der Waals surface area (Å²) in [5.41, 5.74) is 14.2. The van der Waals surface area contributed by atoms with Gasteiger partial charge >= 0.3 is 0 Å². The summed E-state index contributed by atoms with van der Waals surface area (Å²) in [6.45, 7) is 3.28. The van der Waals surface area contributed by atoms with E-state index < -0.39 is 0 Å². The van der Waals surface area contributed by atoms with E-state index in [0.717, 1.165) is 98.2 Å². The molecule has 5 N–H and O–H groups in total. The third-order valence-electron chi connectivity index (χ3n) is 16.4. The second-order valence-electron chi connectivity index (χ2n) is 20.4. The van der Waals surface area contributed by atoms with Crippen molar-refractivity contribution >= 4 is 23.5 Å². The van der Waals surface area contributed by atoms with Crippen LogP contribution in [0.2, 0.25) is 0 Å². The summed E-state index contributed by atoms with van der Waals surface area (Å²) >= 11 is 0. The Bertz CT molecular complexity index is 2360. The number of anilines is 1. The molecule has 3 saturated carbocycles. The molecule has 2 aliphatic heterocycles. The molecule has 8 heteroatoms. The Morgan fingerprint density at radius 2 is 1.74 bits per heavy atom. The molecule has 5 aliphatic rings. The molecular formula is C57H70N4O4. The Labute approximate surface area is 386 Å². The number of hydrogen-bond donors (Lipinski definition) is 4. The van der Waals surface area contributed by atoms with Crippen LogP contribution < -0.4 is 21.1 Å². The topological polar surface area (TPSA) is 127 Å². The molecule has 8 atom stereocenters. The van der Waals surface area contributed by atoms with Crippen LogP contribution in [0.15, 0.2) is 97.2 Å². The molecule has 4 aromatic rings. The fraction of sp³-hybridized carbons (Fsp3) is 0.491. The Morgan fingerprint density at radius 3 is 2.58 bits per heavy atom. The van der Waals surface area contributed by atoms with Gasteiger partial charge in [0.2, 0.25) is 0 Å². The van der Waals surface area contributed by atoms with Gasteiger partial charge in [-0.2, -0.15) is 0 Å². The molecule has 0 bridgehead atoms. The number of nitrogens with one attached hydrogen (secondary N) is 2. The van der Waals surface area contributed by atoms with E-state index in [0.29, 0.717) is 53.6 Å².